The smallest absolute Gasteiger partial charge is 0.164 e. The molecule has 2 rings (SSSR count). The molecule has 0 aromatic carbocycles. The Morgan fingerprint density at radius 2 is 2.17 bits per heavy atom. The average Bonchev–Trinajstić information content (AvgIpc) is 2.88. The largest absolute Gasteiger partial charge is 0.310 e. The molecule has 0 aliphatic rings. The summed E-state index contributed by atoms with van der Waals surface area (Å²) >= 11 is 6.18. The van der Waals surface area contributed by atoms with Crippen LogP contribution in [0.5, 0.6) is 0 Å². The summed E-state index contributed by atoms with van der Waals surface area (Å²) < 4.78 is 3.45. The van der Waals surface area contributed by atoms with Crippen molar-refractivity contribution in [3.05, 3.63) is 28.6 Å². The van der Waals surface area contributed by atoms with Gasteiger partial charge < -0.3 is 5.32 Å². The van der Waals surface area contributed by atoms with Crippen LogP contribution in [0.15, 0.2) is 6.33 Å². The van der Waals surface area contributed by atoms with Crippen LogP contribution in [0, 0.1) is 6.92 Å². The lowest BCUT2D eigenvalue weighted by Crippen LogP contribution is -2.13. The second-order valence-corrected chi connectivity index (χ2v) is 4.48. The van der Waals surface area contributed by atoms with Gasteiger partial charge in [0.1, 0.15) is 11.5 Å². The van der Waals surface area contributed by atoms with Gasteiger partial charge in [-0.2, -0.15) is 10.2 Å². The molecule has 0 aliphatic carbocycles. The van der Waals surface area contributed by atoms with Gasteiger partial charge >= 0.3 is 0 Å². The van der Waals surface area contributed by atoms with Gasteiger partial charge in [-0.15, -0.1) is 0 Å². The second-order valence-electron chi connectivity index (χ2n) is 4.12. The zero-order valence-corrected chi connectivity index (χ0v) is 11.6. The number of rotatable bonds is 5. The minimum atomic E-state index is 0.595. The molecule has 2 heterocycles. The zero-order chi connectivity index (χ0) is 13.1. The molecule has 2 aromatic rings. The maximum absolute atomic E-state index is 6.18. The molecule has 18 heavy (non-hydrogen) atoms. The zero-order valence-electron chi connectivity index (χ0n) is 10.8. The minimum Gasteiger partial charge on any atom is -0.310 e. The first-order chi connectivity index (χ1) is 8.61. The number of hydrogen-bond donors (Lipinski definition) is 1. The van der Waals surface area contributed by atoms with Crippen LogP contribution in [0.1, 0.15) is 24.0 Å². The molecular weight excluding hydrogens is 252 g/mol. The van der Waals surface area contributed by atoms with Crippen molar-refractivity contribution >= 4 is 11.6 Å². The molecular formula is C11H17ClN6. The molecule has 98 valence electrons. The molecule has 7 heteroatoms. The Morgan fingerprint density at radius 3 is 2.78 bits per heavy atom. The van der Waals surface area contributed by atoms with E-state index in [1.54, 1.807) is 15.7 Å². The first-order valence-electron chi connectivity index (χ1n) is 5.88. The SMILES string of the molecule is CCNCc1ncn(Cc2c(C)nn(C)c2Cl)n1. The van der Waals surface area contributed by atoms with E-state index in [0.29, 0.717) is 18.2 Å². The number of aromatic nitrogens is 5. The van der Waals surface area contributed by atoms with Gasteiger partial charge in [-0.25, -0.2) is 9.67 Å². The van der Waals surface area contributed by atoms with E-state index in [4.69, 9.17) is 11.6 Å². The number of nitrogens with one attached hydrogen (secondary N) is 1. The molecule has 2 aromatic heterocycles. The van der Waals surface area contributed by atoms with Crippen molar-refractivity contribution in [1.82, 2.24) is 29.9 Å². The van der Waals surface area contributed by atoms with E-state index < -0.39 is 0 Å². The van der Waals surface area contributed by atoms with Gasteiger partial charge in [-0.3, -0.25) is 4.68 Å². The van der Waals surface area contributed by atoms with Crippen LogP contribution < -0.4 is 5.32 Å². The first kappa shape index (κ1) is 13.0. The van der Waals surface area contributed by atoms with Gasteiger partial charge in [0.25, 0.3) is 0 Å². The van der Waals surface area contributed by atoms with Crippen molar-refractivity contribution in [3.8, 4) is 0 Å². The van der Waals surface area contributed by atoms with Crippen LogP contribution >= 0.6 is 11.6 Å². The van der Waals surface area contributed by atoms with Crippen molar-refractivity contribution in [3.63, 3.8) is 0 Å². The van der Waals surface area contributed by atoms with Crippen LogP contribution in [-0.4, -0.2) is 31.1 Å². The monoisotopic (exact) mass is 268 g/mol. The fourth-order valence-electron chi connectivity index (χ4n) is 1.74. The van der Waals surface area contributed by atoms with Crippen molar-refractivity contribution in [2.75, 3.05) is 6.54 Å². The van der Waals surface area contributed by atoms with Crippen LogP contribution in [0.4, 0.5) is 0 Å². The lowest BCUT2D eigenvalue weighted by atomic mass is 10.3. The Bertz CT molecular complexity index is 530. The van der Waals surface area contributed by atoms with Crippen LogP contribution in [0.2, 0.25) is 5.15 Å². The summed E-state index contributed by atoms with van der Waals surface area (Å²) in [6.07, 6.45) is 1.72. The predicted octanol–water partition coefficient (Wildman–Crippen LogP) is 1.13. The second kappa shape index (κ2) is 5.49. The van der Waals surface area contributed by atoms with E-state index in [0.717, 1.165) is 23.6 Å². The highest BCUT2D eigenvalue weighted by Crippen LogP contribution is 2.19. The van der Waals surface area contributed by atoms with E-state index in [1.807, 2.05) is 14.0 Å². The highest BCUT2D eigenvalue weighted by molar-refractivity contribution is 6.30. The van der Waals surface area contributed by atoms with E-state index in [-0.39, 0.29) is 0 Å². The van der Waals surface area contributed by atoms with Crippen molar-refractivity contribution in [1.29, 1.82) is 0 Å². The molecule has 0 amide bonds. The summed E-state index contributed by atoms with van der Waals surface area (Å²) in [4.78, 5) is 4.24. The molecule has 0 saturated heterocycles. The van der Waals surface area contributed by atoms with Gasteiger partial charge in [0.05, 0.1) is 18.8 Å². The molecule has 0 fully saturated rings. The summed E-state index contributed by atoms with van der Waals surface area (Å²) in [5.41, 5.74) is 1.91. The Kier molecular flexibility index (Phi) is 3.98. The molecule has 0 aliphatic heterocycles. The van der Waals surface area contributed by atoms with Crippen molar-refractivity contribution in [2.24, 2.45) is 7.05 Å². The summed E-state index contributed by atoms with van der Waals surface area (Å²) in [7, 11) is 1.83. The Labute approximate surface area is 111 Å². The summed E-state index contributed by atoms with van der Waals surface area (Å²) in [5.74, 6) is 0.787. The highest BCUT2D eigenvalue weighted by Gasteiger charge is 2.12. The normalized spacial score (nSPS) is 11.1. The Morgan fingerprint density at radius 1 is 1.39 bits per heavy atom. The number of hydrogen-bond acceptors (Lipinski definition) is 4. The van der Waals surface area contributed by atoms with Gasteiger partial charge in [0.15, 0.2) is 5.82 Å². The molecule has 0 unspecified atom stereocenters. The number of aryl methyl sites for hydroxylation is 2. The van der Waals surface area contributed by atoms with Crippen LogP contribution in [0.25, 0.3) is 0 Å². The third-order valence-corrected chi connectivity index (χ3v) is 3.18. The standard InChI is InChI=1S/C11H17ClN6/c1-4-13-5-10-14-7-18(16-10)6-9-8(2)15-17(3)11(9)12/h7,13H,4-6H2,1-3H3. The molecule has 0 atom stereocenters. The summed E-state index contributed by atoms with van der Waals surface area (Å²) in [5, 5.41) is 12.5. The summed E-state index contributed by atoms with van der Waals surface area (Å²) in [6.45, 7) is 6.18. The highest BCUT2D eigenvalue weighted by atomic mass is 35.5. The molecule has 0 bridgehead atoms. The molecule has 0 saturated carbocycles. The average molecular weight is 269 g/mol. The van der Waals surface area contributed by atoms with E-state index in [2.05, 4.69) is 27.4 Å². The fraction of sp³-hybridized carbons (Fsp3) is 0.545. The van der Waals surface area contributed by atoms with Gasteiger partial charge in [-0.05, 0) is 13.5 Å². The third kappa shape index (κ3) is 2.70. The van der Waals surface area contributed by atoms with Gasteiger partial charge in [-0.1, -0.05) is 18.5 Å². The molecule has 1 N–H and O–H groups in total. The maximum Gasteiger partial charge on any atom is 0.164 e. The lowest BCUT2D eigenvalue weighted by molar-refractivity contribution is 0.641. The fourth-order valence-corrected chi connectivity index (χ4v) is 1.98. The van der Waals surface area contributed by atoms with Crippen LogP contribution in [0.3, 0.4) is 0 Å². The summed E-state index contributed by atoms with van der Waals surface area (Å²) in [6, 6.07) is 0. The van der Waals surface area contributed by atoms with Crippen LogP contribution in [-0.2, 0) is 20.1 Å². The Hall–Kier alpha value is -1.40. The Balaban J connectivity index is 2.11. The van der Waals surface area contributed by atoms with E-state index in [1.165, 1.54) is 0 Å². The lowest BCUT2D eigenvalue weighted by Gasteiger charge is -2.00. The van der Waals surface area contributed by atoms with Crippen molar-refractivity contribution in [2.45, 2.75) is 26.9 Å². The minimum absolute atomic E-state index is 0.595. The maximum atomic E-state index is 6.18. The first-order valence-corrected chi connectivity index (χ1v) is 6.26. The van der Waals surface area contributed by atoms with Gasteiger partial charge in [0.2, 0.25) is 0 Å². The van der Waals surface area contributed by atoms with Crippen molar-refractivity contribution < 1.29 is 0 Å². The van der Waals surface area contributed by atoms with E-state index in [9.17, 15) is 0 Å². The quantitative estimate of drug-likeness (QED) is 0.883. The predicted molar refractivity (Wildman–Crippen MR) is 69.5 cm³/mol. The topological polar surface area (TPSA) is 60.6 Å². The third-order valence-electron chi connectivity index (χ3n) is 2.71. The molecule has 0 radical (unpaired) electrons. The number of halogens is 1. The molecule has 0 spiro atoms. The number of nitrogens with zero attached hydrogens (tertiary/aromatic N) is 5. The molecule has 6 nitrogen and oxygen atoms in total. The van der Waals surface area contributed by atoms with E-state index >= 15 is 0 Å². The van der Waals surface area contributed by atoms with Gasteiger partial charge in [0, 0.05) is 12.6 Å².